The number of hydrogen-bond donors (Lipinski definition) is 8. The van der Waals surface area contributed by atoms with E-state index in [9.17, 15) is 8.42 Å². The van der Waals surface area contributed by atoms with Gasteiger partial charge in [-0.1, -0.05) is 24.3 Å². The molecule has 0 spiro atoms. The molecule has 1 aliphatic heterocycles. The molecular formula is C21H28N10O2S2. The fourth-order valence-corrected chi connectivity index (χ4v) is 6.06. The number of sulfonamides is 1. The second kappa shape index (κ2) is 10.7. The standard InChI is InChI=1S/C21H28N10O2S2/c22-9-18-27-11-16(28-18)13-3-1-2-12(8-13)15-4-5-17(34-30-14-6-7-26-10-14)20(35(25,32)33)19(15)21(23)29-31-24/h1-5,8,11,14,26,30-31H,6-7,9-10,22,24H2,(H2,23,29)(H,27,28)(H2,25,32,33)/t14-/m1/s1. The van der Waals surface area contributed by atoms with Crippen molar-refractivity contribution in [1.29, 1.82) is 0 Å². The van der Waals surface area contributed by atoms with Crippen LogP contribution in [0.4, 0.5) is 0 Å². The van der Waals surface area contributed by atoms with Crippen molar-refractivity contribution in [2.24, 2.45) is 27.6 Å². The molecule has 1 saturated heterocycles. The molecule has 14 heteroatoms. The molecule has 0 amide bonds. The summed E-state index contributed by atoms with van der Waals surface area (Å²) in [7, 11) is -4.20. The van der Waals surface area contributed by atoms with E-state index >= 15 is 0 Å². The van der Waals surface area contributed by atoms with Crippen molar-refractivity contribution in [3.8, 4) is 22.4 Å². The molecule has 1 aliphatic rings. The minimum absolute atomic E-state index is 0.117. The number of nitrogens with zero attached hydrogens (tertiary/aromatic N) is 2. The first kappa shape index (κ1) is 25.1. The molecule has 2 heterocycles. The number of aromatic nitrogens is 2. The predicted octanol–water partition coefficient (Wildman–Crippen LogP) is -0.108. The number of H-pyrrole nitrogens is 1. The van der Waals surface area contributed by atoms with Crippen LogP contribution in [-0.4, -0.2) is 43.4 Å². The van der Waals surface area contributed by atoms with Crippen molar-refractivity contribution >= 4 is 27.8 Å². The van der Waals surface area contributed by atoms with E-state index in [4.69, 9.17) is 22.4 Å². The van der Waals surface area contributed by atoms with Crippen LogP contribution >= 0.6 is 11.9 Å². The van der Waals surface area contributed by atoms with Gasteiger partial charge in [-0.2, -0.15) is 0 Å². The van der Waals surface area contributed by atoms with Gasteiger partial charge in [0.25, 0.3) is 0 Å². The number of nitrogens with one attached hydrogen (secondary N) is 4. The Morgan fingerprint density at radius 1 is 1.26 bits per heavy atom. The maximum Gasteiger partial charge on any atom is 0.239 e. The molecular weight excluding hydrogens is 488 g/mol. The lowest BCUT2D eigenvalue weighted by molar-refractivity contribution is 0.595. The van der Waals surface area contributed by atoms with Crippen LogP contribution in [0, 0.1) is 0 Å². The number of imidazole rings is 1. The van der Waals surface area contributed by atoms with E-state index in [2.05, 4.69) is 30.6 Å². The maximum atomic E-state index is 12.8. The Balaban J connectivity index is 1.85. The van der Waals surface area contributed by atoms with E-state index in [1.807, 2.05) is 24.3 Å². The van der Waals surface area contributed by atoms with Crippen LogP contribution in [0.2, 0.25) is 0 Å². The van der Waals surface area contributed by atoms with Crippen molar-refractivity contribution in [1.82, 2.24) is 25.5 Å². The van der Waals surface area contributed by atoms with Crippen LogP contribution in [-0.2, 0) is 16.6 Å². The van der Waals surface area contributed by atoms with Crippen molar-refractivity contribution in [2.45, 2.75) is 28.8 Å². The number of amidine groups is 1. The normalized spacial score (nSPS) is 16.5. The highest BCUT2D eigenvalue weighted by Gasteiger charge is 2.27. The molecule has 2 aromatic carbocycles. The van der Waals surface area contributed by atoms with Gasteiger partial charge in [0, 0.05) is 28.6 Å². The van der Waals surface area contributed by atoms with Gasteiger partial charge in [-0.25, -0.2) is 29.9 Å². The number of aromatic amines is 1. The van der Waals surface area contributed by atoms with Crippen molar-refractivity contribution in [3.05, 3.63) is 54.0 Å². The van der Waals surface area contributed by atoms with E-state index < -0.39 is 10.0 Å². The fraction of sp³-hybridized carbons (Fsp3) is 0.238. The largest absolute Gasteiger partial charge is 0.382 e. The van der Waals surface area contributed by atoms with Crippen molar-refractivity contribution in [2.75, 3.05) is 13.1 Å². The van der Waals surface area contributed by atoms with Gasteiger partial charge in [-0.3, -0.25) is 4.72 Å². The Morgan fingerprint density at radius 3 is 2.71 bits per heavy atom. The maximum absolute atomic E-state index is 12.8. The molecule has 0 saturated carbocycles. The van der Waals surface area contributed by atoms with Crippen molar-refractivity contribution < 1.29 is 8.42 Å². The predicted molar refractivity (Wildman–Crippen MR) is 137 cm³/mol. The first-order chi connectivity index (χ1) is 16.8. The van der Waals surface area contributed by atoms with E-state index in [0.717, 1.165) is 30.8 Å². The lowest BCUT2D eigenvalue weighted by Crippen LogP contribution is -2.28. The van der Waals surface area contributed by atoms with Crippen LogP contribution in [0.15, 0.2) is 57.5 Å². The molecule has 1 aromatic heterocycles. The van der Waals surface area contributed by atoms with E-state index in [1.54, 1.807) is 18.3 Å². The van der Waals surface area contributed by atoms with Crippen LogP contribution in [0.5, 0.6) is 0 Å². The summed E-state index contributed by atoms with van der Waals surface area (Å²) in [5.41, 5.74) is 17.0. The number of rotatable bonds is 9. The summed E-state index contributed by atoms with van der Waals surface area (Å²) in [6, 6.07) is 11.2. The van der Waals surface area contributed by atoms with Gasteiger partial charge in [0.2, 0.25) is 10.0 Å². The Labute approximate surface area is 207 Å². The summed E-state index contributed by atoms with van der Waals surface area (Å²) in [5, 5.41) is 12.8. The molecule has 1 fully saturated rings. The van der Waals surface area contributed by atoms with E-state index in [0.29, 0.717) is 21.8 Å². The van der Waals surface area contributed by atoms with Crippen LogP contribution in [0.1, 0.15) is 17.8 Å². The highest BCUT2D eigenvalue weighted by molar-refractivity contribution is 7.98. The third-order valence-corrected chi connectivity index (χ3v) is 7.68. The third-order valence-electron chi connectivity index (χ3n) is 5.55. The van der Waals surface area contributed by atoms with Gasteiger partial charge >= 0.3 is 0 Å². The molecule has 35 heavy (non-hydrogen) atoms. The fourth-order valence-electron chi connectivity index (χ4n) is 3.92. The zero-order valence-corrected chi connectivity index (χ0v) is 20.4. The first-order valence-corrected chi connectivity index (χ1v) is 13.1. The Kier molecular flexibility index (Phi) is 7.71. The van der Waals surface area contributed by atoms with Crippen LogP contribution in [0.25, 0.3) is 22.4 Å². The zero-order valence-electron chi connectivity index (χ0n) is 18.8. The quantitative estimate of drug-likeness (QED) is 0.0620. The SMILES string of the molecule is NCc1ncc(-c2cccc(-c3ccc(SN[C@@H]4CCNC4)c(S(N)(=O)=O)c3/C(N)=N/NN)c2)[nH]1. The van der Waals surface area contributed by atoms with Gasteiger partial charge in [-0.05, 0) is 48.2 Å². The number of benzene rings is 2. The van der Waals surface area contributed by atoms with Gasteiger partial charge in [0.15, 0.2) is 5.84 Å². The number of nitrogens with two attached hydrogens (primary N) is 4. The van der Waals surface area contributed by atoms with Crippen LogP contribution in [0.3, 0.4) is 0 Å². The number of hydrazine groups is 1. The second-order valence-corrected chi connectivity index (χ2v) is 10.3. The number of primary sulfonamides is 1. The van der Waals surface area contributed by atoms with Gasteiger partial charge in [-0.15, -0.1) is 5.10 Å². The van der Waals surface area contributed by atoms with Gasteiger partial charge < -0.3 is 21.8 Å². The molecule has 186 valence electrons. The Bertz CT molecular complexity index is 1330. The summed E-state index contributed by atoms with van der Waals surface area (Å²) in [4.78, 5) is 7.68. The number of hydrazone groups is 1. The van der Waals surface area contributed by atoms with Crippen molar-refractivity contribution in [3.63, 3.8) is 0 Å². The lowest BCUT2D eigenvalue weighted by Gasteiger charge is -2.19. The highest BCUT2D eigenvalue weighted by Crippen LogP contribution is 2.36. The topological polar surface area (TPSA) is 215 Å². The summed E-state index contributed by atoms with van der Waals surface area (Å²) in [6.07, 6.45) is 2.62. The van der Waals surface area contributed by atoms with Gasteiger partial charge in [0.05, 0.1) is 18.4 Å². The molecule has 4 rings (SSSR count). The summed E-state index contributed by atoms with van der Waals surface area (Å²) < 4.78 is 28.9. The Morgan fingerprint density at radius 2 is 2.06 bits per heavy atom. The molecule has 3 aromatic rings. The molecule has 0 bridgehead atoms. The average molecular weight is 517 g/mol. The summed E-state index contributed by atoms with van der Waals surface area (Å²) in [5.74, 6) is 5.90. The second-order valence-electron chi connectivity index (χ2n) is 7.92. The Hall–Kier alpha value is -2.98. The average Bonchev–Trinajstić information content (AvgIpc) is 3.54. The minimum Gasteiger partial charge on any atom is -0.382 e. The minimum atomic E-state index is -4.20. The smallest absolute Gasteiger partial charge is 0.239 e. The number of hydrogen-bond acceptors (Lipinski definition) is 10. The zero-order chi connectivity index (χ0) is 25.0. The monoisotopic (exact) mass is 516 g/mol. The molecule has 0 unspecified atom stereocenters. The van der Waals surface area contributed by atoms with Crippen LogP contribution < -0.4 is 38.0 Å². The highest BCUT2D eigenvalue weighted by atomic mass is 32.2. The molecule has 0 aliphatic carbocycles. The lowest BCUT2D eigenvalue weighted by atomic mass is 9.96. The van der Waals surface area contributed by atoms with E-state index in [1.165, 1.54) is 11.9 Å². The molecule has 1 atom stereocenters. The van der Waals surface area contributed by atoms with E-state index in [-0.39, 0.29) is 28.9 Å². The third kappa shape index (κ3) is 5.65. The summed E-state index contributed by atoms with van der Waals surface area (Å²) in [6.45, 7) is 1.96. The molecule has 0 radical (unpaired) electrons. The summed E-state index contributed by atoms with van der Waals surface area (Å²) >= 11 is 1.19. The molecule has 12 nitrogen and oxygen atoms in total. The van der Waals surface area contributed by atoms with Gasteiger partial charge in [0.1, 0.15) is 10.7 Å². The molecule has 12 N–H and O–H groups in total. The first-order valence-electron chi connectivity index (χ1n) is 10.8.